The number of fused-ring (bicyclic) bond motifs is 1. The predicted molar refractivity (Wildman–Crippen MR) is 102 cm³/mol. The molecule has 1 aliphatic rings. The van der Waals surface area contributed by atoms with Gasteiger partial charge in [-0.25, -0.2) is 0 Å². The molecular weight excluding hydrogens is 344 g/mol. The molecule has 0 bridgehead atoms. The molecule has 2 aromatic carbocycles. The molecule has 4 rings (SSSR count). The van der Waals surface area contributed by atoms with Crippen molar-refractivity contribution in [2.75, 3.05) is 20.8 Å². The van der Waals surface area contributed by atoms with E-state index in [1.807, 2.05) is 30.3 Å². The average Bonchev–Trinajstić information content (AvgIpc) is 3.17. The lowest BCUT2D eigenvalue weighted by molar-refractivity contribution is 0.181. The zero-order chi connectivity index (χ0) is 18.8. The van der Waals surface area contributed by atoms with Gasteiger partial charge < -0.3 is 9.47 Å². The first-order valence-corrected chi connectivity index (χ1v) is 9.00. The van der Waals surface area contributed by atoms with Crippen LogP contribution >= 0.6 is 0 Å². The first-order valence-electron chi connectivity index (χ1n) is 9.00. The topological polar surface area (TPSA) is 69.5 Å². The number of nitrogens with zero attached hydrogens (tertiary/aromatic N) is 4. The van der Waals surface area contributed by atoms with E-state index in [-0.39, 0.29) is 11.6 Å². The molecule has 27 heavy (non-hydrogen) atoms. The van der Waals surface area contributed by atoms with Crippen LogP contribution in [-0.2, 0) is 6.67 Å². The maximum Gasteiger partial charge on any atom is 0.278 e. The van der Waals surface area contributed by atoms with Crippen molar-refractivity contribution in [2.24, 2.45) is 0 Å². The summed E-state index contributed by atoms with van der Waals surface area (Å²) in [6.07, 6.45) is 2.05. The third-order valence-corrected chi connectivity index (χ3v) is 5.11. The van der Waals surface area contributed by atoms with E-state index < -0.39 is 0 Å². The van der Waals surface area contributed by atoms with Crippen LogP contribution in [0.4, 0.5) is 0 Å². The first-order chi connectivity index (χ1) is 13.2. The lowest BCUT2D eigenvalue weighted by Crippen LogP contribution is -2.34. The van der Waals surface area contributed by atoms with Crippen LogP contribution in [0.5, 0.6) is 11.5 Å². The van der Waals surface area contributed by atoms with Crippen LogP contribution in [0.1, 0.15) is 24.4 Å². The maximum atomic E-state index is 12.8. The van der Waals surface area contributed by atoms with Crippen LogP contribution < -0.4 is 15.0 Å². The van der Waals surface area contributed by atoms with Gasteiger partial charge in [-0.15, -0.1) is 5.10 Å². The Labute approximate surface area is 157 Å². The average molecular weight is 366 g/mol. The van der Waals surface area contributed by atoms with Gasteiger partial charge in [-0.05, 0) is 31.0 Å². The Hall–Kier alpha value is -2.93. The Morgan fingerprint density at radius 2 is 2.00 bits per heavy atom. The molecule has 2 heterocycles. The lowest BCUT2D eigenvalue weighted by atomic mass is 10.0. The van der Waals surface area contributed by atoms with Crippen molar-refractivity contribution in [2.45, 2.75) is 25.6 Å². The Morgan fingerprint density at radius 1 is 1.15 bits per heavy atom. The number of hydrogen-bond acceptors (Lipinski definition) is 6. The van der Waals surface area contributed by atoms with E-state index in [2.05, 4.69) is 15.2 Å². The fourth-order valence-electron chi connectivity index (χ4n) is 3.73. The van der Waals surface area contributed by atoms with Gasteiger partial charge in [-0.1, -0.05) is 23.4 Å². The summed E-state index contributed by atoms with van der Waals surface area (Å²) in [4.78, 5) is 15.0. The second-order valence-electron chi connectivity index (χ2n) is 6.63. The van der Waals surface area contributed by atoms with Crippen LogP contribution in [0, 0.1) is 0 Å². The molecule has 0 unspecified atom stereocenters. The molecule has 0 saturated carbocycles. The lowest BCUT2D eigenvalue weighted by Gasteiger charge is -2.26. The highest BCUT2D eigenvalue weighted by Gasteiger charge is 2.29. The third-order valence-electron chi connectivity index (χ3n) is 5.11. The molecular formula is C20H22N4O3. The summed E-state index contributed by atoms with van der Waals surface area (Å²) in [5.41, 5.74) is 1.60. The predicted octanol–water partition coefficient (Wildman–Crippen LogP) is 2.60. The Bertz CT molecular complexity index is 1020. The number of benzene rings is 2. The van der Waals surface area contributed by atoms with Gasteiger partial charge in [-0.3, -0.25) is 9.69 Å². The summed E-state index contributed by atoms with van der Waals surface area (Å²) >= 11 is 0. The van der Waals surface area contributed by atoms with Crippen molar-refractivity contribution < 1.29 is 9.47 Å². The Morgan fingerprint density at radius 3 is 2.81 bits per heavy atom. The Kier molecular flexibility index (Phi) is 4.77. The smallest absolute Gasteiger partial charge is 0.278 e. The van der Waals surface area contributed by atoms with E-state index in [1.54, 1.807) is 26.4 Å². The minimum atomic E-state index is -0.118. The second-order valence-corrected chi connectivity index (χ2v) is 6.63. The number of ether oxygens (including phenoxy) is 2. The van der Waals surface area contributed by atoms with Gasteiger partial charge in [0.2, 0.25) is 0 Å². The molecule has 1 aliphatic heterocycles. The maximum absolute atomic E-state index is 12.8. The zero-order valence-electron chi connectivity index (χ0n) is 15.5. The van der Waals surface area contributed by atoms with E-state index in [1.165, 1.54) is 4.68 Å². The summed E-state index contributed by atoms with van der Waals surface area (Å²) in [7, 11) is 3.30. The van der Waals surface area contributed by atoms with Crippen LogP contribution in [-0.4, -0.2) is 40.7 Å². The molecule has 1 saturated heterocycles. The molecule has 0 spiro atoms. The standard InChI is InChI=1S/C20H22N4O3/c1-26-14-9-10-16(19(12-14)27-2)18-8-5-11-23(18)13-24-20(25)15-6-3-4-7-17(15)21-22-24/h3-4,6-7,9-10,12,18H,5,8,11,13H2,1-2H3/t18-/m1/s1. The van der Waals surface area contributed by atoms with Crippen molar-refractivity contribution in [3.8, 4) is 11.5 Å². The van der Waals surface area contributed by atoms with Gasteiger partial charge in [0.1, 0.15) is 17.0 Å². The van der Waals surface area contributed by atoms with Crippen molar-refractivity contribution >= 4 is 10.9 Å². The molecule has 0 aliphatic carbocycles. The number of methoxy groups -OCH3 is 2. The minimum absolute atomic E-state index is 0.118. The highest BCUT2D eigenvalue weighted by atomic mass is 16.5. The van der Waals surface area contributed by atoms with E-state index in [0.29, 0.717) is 17.6 Å². The molecule has 7 heteroatoms. The van der Waals surface area contributed by atoms with Crippen molar-refractivity contribution in [3.63, 3.8) is 0 Å². The number of aromatic nitrogens is 3. The molecule has 0 N–H and O–H groups in total. The van der Waals surface area contributed by atoms with Gasteiger partial charge >= 0.3 is 0 Å². The van der Waals surface area contributed by atoms with Gasteiger partial charge in [-0.2, -0.15) is 4.68 Å². The number of rotatable bonds is 5. The first kappa shape index (κ1) is 17.5. The zero-order valence-corrected chi connectivity index (χ0v) is 15.5. The minimum Gasteiger partial charge on any atom is -0.497 e. The molecule has 1 fully saturated rings. The SMILES string of the molecule is COc1ccc([C@H]2CCCN2Cn2nnc3ccccc3c2=O)c(OC)c1. The fourth-order valence-corrected chi connectivity index (χ4v) is 3.73. The van der Waals surface area contributed by atoms with Gasteiger partial charge in [0.15, 0.2) is 0 Å². The monoisotopic (exact) mass is 366 g/mol. The molecule has 0 radical (unpaired) electrons. The summed E-state index contributed by atoms with van der Waals surface area (Å²) in [5.74, 6) is 1.56. The van der Waals surface area contributed by atoms with Gasteiger partial charge in [0.25, 0.3) is 5.56 Å². The molecule has 140 valence electrons. The summed E-state index contributed by atoms with van der Waals surface area (Å²) in [6, 6.07) is 13.3. The van der Waals surface area contributed by atoms with Gasteiger partial charge in [0.05, 0.1) is 26.3 Å². The highest BCUT2D eigenvalue weighted by molar-refractivity contribution is 5.76. The van der Waals surface area contributed by atoms with Gasteiger partial charge in [0, 0.05) is 24.2 Å². The van der Waals surface area contributed by atoms with Crippen molar-refractivity contribution in [1.82, 2.24) is 19.9 Å². The van der Waals surface area contributed by atoms with Crippen molar-refractivity contribution in [3.05, 3.63) is 58.4 Å². The highest BCUT2D eigenvalue weighted by Crippen LogP contribution is 2.38. The number of likely N-dealkylation sites (tertiary alicyclic amines) is 1. The summed E-state index contributed by atoms with van der Waals surface area (Å²) in [6.45, 7) is 1.29. The molecule has 1 aromatic heterocycles. The van der Waals surface area contributed by atoms with Crippen LogP contribution in [0.15, 0.2) is 47.3 Å². The molecule has 1 atom stereocenters. The van der Waals surface area contributed by atoms with Crippen LogP contribution in [0.3, 0.4) is 0 Å². The third kappa shape index (κ3) is 3.26. The quantitative estimate of drug-likeness (QED) is 0.691. The largest absolute Gasteiger partial charge is 0.497 e. The van der Waals surface area contributed by atoms with Crippen LogP contribution in [0.2, 0.25) is 0 Å². The summed E-state index contributed by atoms with van der Waals surface area (Å²) < 4.78 is 12.3. The van der Waals surface area contributed by atoms with E-state index in [9.17, 15) is 4.79 Å². The molecule has 7 nitrogen and oxygen atoms in total. The summed E-state index contributed by atoms with van der Waals surface area (Å²) in [5, 5.41) is 8.90. The Balaban J connectivity index is 1.65. The second kappa shape index (κ2) is 7.36. The number of hydrogen-bond donors (Lipinski definition) is 0. The fraction of sp³-hybridized carbons (Fsp3) is 0.350. The van der Waals surface area contributed by atoms with Crippen molar-refractivity contribution in [1.29, 1.82) is 0 Å². The van der Waals surface area contributed by atoms with Crippen LogP contribution in [0.25, 0.3) is 10.9 Å². The normalized spacial score (nSPS) is 17.3. The van der Waals surface area contributed by atoms with E-state index >= 15 is 0 Å². The molecule has 0 amide bonds. The van der Waals surface area contributed by atoms with E-state index in [4.69, 9.17) is 9.47 Å². The van der Waals surface area contributed by atoms with E-state index in [0.717, 1.165) is 36.4 Å². The molecule has 3 aromatic rings.